The van der Waals surface area contributed by atoms with Gasteiger partial charge in [-0.25, -0.2) is 13.1 Å². The van der Waals surface area contributed by atoms with Gasteiger partial charge in [0.1, 0.15) is 0 Å². The third kappa shape index (κ3) is 3.33. The van der Waals surface area contributed by atoms with Gasteiger partial charge in [-0.2, -0.15) is 0 Å². The molecule has 0 aliphatic heterocycles. The lowest BCUT2D eigenvalue weighted by Crippen LogP contribution is -2.35. The van der Waals surface area contributed by atoms with Gasteiger partial charge in [-0.3, -0.25) is 0 Å². The number of rotatable bonds is 5. The molecule has 0 aliphatic rings. The molecular weight excluding hydrogens is 228 g/mol. The summed E-state index contributed by atoms with van der Waals surface area (Å²) in [5.74, 6) is 0. The highest BCUT2D eigenvalue weighted by Crippen LogP contribution is 2.14. The van der Waals surface area contributed by atoms with Crippen LogP contribution in [-0.2, 0) is 17.1 Å². The molecule has 92 valence electrons. The molecule has 1 aromatic heterocycles. The summed E-state index contributed by atoms with van der Waals surface area (Å²) < 4.78 is 27.8. The highest BCUT2D eigenvalue weighted by molar-refractivity contribution is 7.89. The van der Waals surface area contributed by atoms with Crippen LogP contribution in [0.1, 0.15) is 13.8 Å². The van der Waals surface area contributed by atoms with Crippen LogP contribution in [-0.4, -0.2) is 31.2 Å². The Kier molecular flexibility index (Phi) is 3.77. The van der Waals surface area contributed by atoms with Gasteiger partial charge >= 0.3 is 0 Å². The third-order valence-electron chi connectivity index (χ3n) is 2.28. The topological polar surface area (TPSA) is 71.3 Å². The maximum atomic E-state index is 11.8. The molecule has 0 amide bonds. The van der Waals surface area contributed by atoms with E-state index in [2.05, 4.69) is 4.72 Å². The smallest absolute Gasteiger partial charge is 0.242 e. The van der Waals surface area contributed by atoms with E-state index in [1.807, 2.05) is 0 Å². The Labute approximate surface area is 96.1 Å². The van der Waals surface area contributed by atoms with Crippen LogP contribution in [0.3, 0.4) is 0 Å². The first kappa shape index (κ1) is 13.2. The second-order valence-corrected chi connectivity index (χ2v) is 6.43. The number of sulfonamides is 1. The van der Waals surface area contributed by atoms with Gasteiger partial charge in [0.05, 0.1) is 4.90 Å². The molecule has 0 fully saturated rings. The molecule has 1 heterocycles. The van der Waals surface area contributed by atoms with Crippen LogP contribution in [0.15, 0.2) is 23.4 Å². The highest BCUT2D eigenvalue weighted by atomic mass is 32.2. The van der Waals surface area contributed by atoms with Crippen molar-refractivity contribution in [2.75, 3.05) is 13.2 Å². The number of aromatic nitrogens is 1. The molecular formula is C10H18N2O3S. The Morgan fingerprint density at radius 2 is 2.12 bits per heavy atom. The zero-order chi connectivity index (χ0) is 12.4. The van der Waals surface area contributed by atoms with Gasteiger partial charge < -0.3 is 9.67 Å². The zero-order valence-corrected chi connectivity index (χ0v) is 10.6. The van der Waals surface area contributed by atoms with Crippen molar-refractivity contribution in [3.63, 3.8) is 0 Å². The van der Waals surface area contributed by atoms with Crippen LogP contribution in [0.25, 0.3) is 0 Å². The van der Waals surface area contributed by atoms with Gasteiger partial charge in [-0.1, -0.05) is 13.8 Å². The number of aliphatic hydroxyl groups excluding tert-OH is 1. The molecule has 0 atom stereocenters. The molecule has 0 saturated carbocycles. The number of hydrogen-bond acceptors (Lipinski definition) is 3. The van der Waals surface area contributed by atoms with E-state index in [4.69, 9.17) is 5.11 Å². The van der Waals surface area contributed by atoms with Crippen molar-refractivity contribution in [2.45, 2.75) is 18.7 Å². The summed E-state index contributed by atoms with van der Waals surface area (Å²) in [6.45, 7) is 3.73. The van der Waals surface area contributed by atoms with Crippen LogP contribution in [0.4, 0.5) is 0 Å². The fourth-order valence-electron chi connectivity index (χ4n) is 1.07. The maximum absolute atomic E-state index is 11.8. The van der Waals surface area contributed by atoms with E-state index in [1.165, 1.54) is 12.3 Å². The predicted octanol–water partition coefficient (Wildman–Crippen LogP) is 0.322. The van der Waals surface area contributed by atoms with Crippen molar-refractivity contribution in [3.05, 3.63) is 18.5 Å². The van der Waals surface area contributed by atoms with Crippen molar-refractivity contribution in [1.29, 1.82) is 0 Å². The summed E-state index contributed by atoms with van der Waals surface area (Å²) in [5.41, 5.74) is -0.456. The average molecular weight is 246 g/mol. The Hall–Kier alpha value is -0.850. The number of nitrogens with one attached hydrogen (secondary N) is 1. The van der Waals surface area contributed by atoms with E-state index in [9.17, 15) is 8.42 Å². The third-order valence-corrected chi connectivity index (χ3v) is 3.67. The van der Waals surface area contributed by atoms with Crippen molar-refractivity contribution in [3.8, 4) is 0 Å². The van der Waals surface area contributed by atoms with E-state index < -0.39 is 15.4 Å². The second-order valence-electron chi connectivity index (χ2n) is 4.66. The first-order valence-electron chi connectivity index (χ1n) is 4.99. The lowest BCUT2D eigenvalue weighted by atomic mass is 9.96. The van der Waals surface area contributed by atoms with Crippen molar-refractivity contribution >= 4 is 10.0 Å². The van der Waals surface area contributed by atoms with E-state index in [0.29, 0.717) is 0 Å². The van der Waals surface area contributed by atoms with Gasteiger partial charge in [-0.05, 0) is 6.07 Å². The van der Waals surface area contributed by atoms with Crippen LogP contribution < -0.4 is 4.72 Å². The molecule has 5 nitrogen and oxygen atoms in total. The summed E-state index contributed by atoms with van der Waals surface area (Å²) in [4.78, 5) is 0.240. The summed E-state index contributed by atoms with van der Waals surface area (Å²) >= 11 is 0. The summed E-state index contributed by atoms with van der Waals surface area (Å²) in [7, 11) is -1.70. The van der Waals surface area contributed by atoms with Gasteiger partial charge in [-0.15, -0.1) is 0 Å². The molecule has 16 heavy (non-hydrogen) atoms. The molecule has 0 unspecified atom stereocenters. The summed E-state index contributed by atoms with van der Waals surface area (Å²) in [6, 6.07) is 1.54. The highest BCUT2D eigenvalue weighted by Gasteiger charge is 2.21. The monoisotopic (exact) mass is 246 g/mol. The van der Waals surface area contributed by atoms with E-state index in [-0.39, 0.29) is 18.0 Å². The first-order valence-corrected chi connectivity index (χ1v) is 6.48. The van der Waals surface area contributed by atoms with E-state index in [1.54, 1.807) is 31.7 Å². The molecule has 0 spiro atoms. The first-order chi connectivity index (χ1) is 7.27. The molecule has 0 bridgehead atoms. The molecule has 6 heteroatoms. The number of hydrogen-bond donors (Lipinski definition) is 2. The van der Waals surface area contributed by atoms with Gasteiger partial charge in [0.2, 0.25) is 10.0 Å². The lowest BCUT2D eigenvalue weighted by Gasteiger charge is -2.21. The Morgan fingerprint density at radius 3 is 2.56 bits per heavy atom. The van der Waals surface area contributed by atoms with Gasteiger partial charge in [0.25, 0.3) is 0 Å². The van der Waals surface area contributed by atoms with Crippen LogP contribution in [0.5, 0.6) is 0 Å². The number of nitrogens with zero attached hydrogens (tertiary/aromatic N) is 1. The lowest BCUT2D eigenvalue weighted by molar-refractivity contribution is 0.163. The number of aryl methyl sites for hydroxylation is 1. The molecule has 0 aromatic carbocycles. The van der Waals surface area contributed by atoms with Gasteiger partial charge in [0.15, 0.2) is 0 Å². The molecule has 1 rings (SSSR count). The van der Waals surface area contributed by atoms with Crippen molar-refractivity contribution < 1.29 is 13.5 Å². The molecule has 0 aliphatic carbocycles. The molecule has 1 aromatic rings. The Balaban J connectivity index is 2.74. The van der Waals surface area contributed by atoms with Crippen LogP contribution in [0.2, 0.25) is 0 Å². The van der Waals surface area contributed by atoms with E-state index >= 15 is 0 Å². The quantitative estimate of drug-likeness (QED) is 0.786. The van der Waals surface area contributed by atoms with Crippen LogP contribution >= 0.6 is 0 Å². The van der Waals surface area contributed by atoms with Gasteiger partial charge in [0, 0.05) is 38.0 Å². The predicted molar refractivity (Wildman–Crippen MR) is 61.5 cm³/mol. The molecule has 0 radical (unpaired) electrons. The Bertz CT molecular complexity index is 448. The Morgan fingerprint density at radius 1 is 1.50 bits per heavy atom. The SMILES string of the molecule is Cn1ccc(S(=O)(=O)NCC(C)(C)CO)c1. The maximum Gasteiger partial charge on any atom is 0.242 e. The van der Waals surface area contributed by atoms with Crippen molar-refractivity contribution in [1.82, 2.24) is 9.29 Å². The zero-order valence-electron chi connectivity index (χ0n) is 9.77. The van der Waals surface area contributed by atoms with E-state index in [0.717, 1.165) is 0 Å². The standard InChI is InChI=1S/C10H18N2O3S/c1-10(2,8-13)7-11-16(14,15)9-4-5-12(3)6-9/h4-6,11,13H,7-8H2,1-3H3. The minimum absolute atomic E-state index is 0.0652. The fraction of sp³-hybridized carbons (Fsp3) is 0.600. The summed E-state index contributed by atoms with van der Waals surface area (Å²) in [6.07, 6.45) is 3.21. The minimum atomic E-state index is -3.46. The number of aliphatic hydroxyl groups is 1. The van der Waals surface area contributed by atoms with Crippen molar-refractivity contribution in [2.24, 2.45) is 12.5 Å². The molecule has 2 N–H and O–H groups in total. The largest absolute Gasteiger partial charge is 0.396 e. The minimum Gasteiger partial charge on any atom is -0.396 e. The molecule has 0 saturated heterocycles. The normalized spacial score (nSPS) is 13.0. The fourth-order valence-corrected chi connectivity index (χ4v) is 2.36. The summed E-state index contributed by atoms with van der Waals surface area (Å²) in [5, 5.41) is 9.03. The van der Waals surface area contributed by atoms with Crippen LogP contribution in [0, 0.1) is 5.41 Å². The second kappa shape index (κ2) is 4.57. The average Bonchev–Trinajstić information content (AvgIpc) is 2.63.